The Morgan fingerprint density at radius 3 is 2.21 bits per heavy atom. The lowest BCUT2D eigenvalue weighted by Crippen LogP contribution is -2.25. The molecule has 0 saturated carbocycles. The first-order valence-electron chi connectivity index (χ1n) is 4.79. The van der Waals surface area contributed by atoms with E-state index in [1.54, 1.807) is 0 Å². The van der Waals surface area contributed by atoms with Crippen LogP contribution in [0.3, 0.4) is 0 Å². The summed E-state index contributed by atoms with van der Waals surface area (Å²) < 4.78 is 2.30. The summed E-state index contributed by atoms with van der Waals surface area (Å²) in [4.78, 5) is 4.28. The van der Waals surface area contributed by atoms with Crippen molar-refractivity contribution in [3.8, 4) is 0 Å². The summed E-state index contributed by atoms with van der Waals surface area (Å²) in [5, 5.41) is 1.36. The Labute approximate surface area is 91.1 Å². The minimum absolute atomic E-state index is 1.16. The molecule has 3 nitrogen and oxygen atoms in total. The average Bonchev–Trinajstić information content (AvgIpc) is 2.46. The molecule has 0 bridgehead atoms. The Morgan fingerprint density at radius 2 is 1.86 bits per heavy atom. The van der Waals surface area contributed by atoms with Crippen molar-refractivity contribution in [1.82, 2.24) is 9.80 Å². The molecule has 1 heterocycles. The molecule has 1 aliphatic rings. The fourth-order valence-electron chi connectivity index (χ4n) is 1.43. The summed E-state index contributed by atoms with van der Waals surface area (Å²) >= 11 is 1.93. The molecular formula is C10H20N3S+. The van der Waals surface area contributed by atoms with Crippen LogP contribution >= 0.6 is 11.8 Å². The van der Waals surface area contributed by atoms with Crippen LogP contribution in [0.4, 0.5) is 0 Å². The van der Waals surface area contributed by atoms with E-state index in [4.69, 9.17) is 0 Å². The fourth-order valence-corrected chi connectivity index (χ4v) is 2.50. The monoisotopic (exact) mass is 214 g/mol. The zero-order chi connectivity index (χ0) is 10.7. The quantitative estimate of drug-likeness (QED) is 0.642. The summed E-state index contributed by atoms with van der Waals surface area (Å²) in [6.07, 6.45) is 2.25. The minimum Gasteiger partial charge on any atom is -0.364 e. The molecule has 0 spiro atoms. The van der Waals surface area contributed by atoms with E-state index in [0.717, 1.165) is 6.54 Å². The van der Waals surface area contributed by atoms with Gasteiger partial charge in [-0.25, -0.2) is 4.58 Å². The van der Waals surface area contributed by atoms with Crippen LogP contribution in [0.2, 0.25) is 0 Å². The molecule has 0 aromatic rings. The first kappa shape index (κ1) is 11.4. The van der Waals surface area contributed by atoms with Gasteiger partial charge in [-0.3, -0.25) is 0 Å². The second kappa shape index (κ2) is 4.73. The van der Waals surface area contributed by atoms with Gasteiger partial charge < -0.3 is 9.80 Å². The van der Waals surface area contributed by atoms with Gasteiger partial charge in [0.05, 0.1) is 11.8 Å². The van der Waals surface area contributed by atoms with E-state index in [2.05, 4.69) is 55.7 Å². The van der Waals surface area contributed by atoms with Gasteiger partial charge in [-0.2, -0.15) is 0 Å². The van der Waals surface area contributed by atoms with Gasteiger partial charge in [-0.05, 0) is 0 Å². The van der Waals surface area contributed by atoms with Crippen molar-refractivity contribution in [3.05, 3.63) is 11.9 Å². The number of thioether (sulfide) groups is 1. The van der Waals surface area contributed by atoms with Gasteiger partial charge in [0.25, 0.3) is 0 Å². The van der Waals surface area contributed by atoms with Crippen molar-refractivity contribution in [2.45, 2.75) is 0 Å². The normalized spacial score (nSPS) is 15.8. The van der Waals surface area contributed by atoms with Gasteiger partial charge in [0.1, 0.15) is 12.9 Å². The molecule has 1 rings (SSSR count). The number of hydrogen-bond acceptors (Lipinski definition) is 3. The lowest BCUT2D eigenvalue weighted by molar-refractivity contribution is -0.485. The van der Waals surface area contributed by atoms with Gasteiger partial charge in [0.2, 0.25) is 5.04 Å². The van der Waals surface area contributed by atoms with E-state index < -0.39 is 0 Å². The van der Waals surface area contributed by atoms with Crippen LogP contribution in [0.1, 0.15) is 0 Å². The highest BCUT2D eigenvalue weighted by atomic mass is 32.2. The van der Waals surface area contributed by atoms with E-state index in [0.29, 0.717) is 0 Å². The van der Waals surface area contributed by atoms with Crippen molar-refractivity contribution in [3.63, 3.8) is 0 Å². The highest BCUT2D eigenvalue weighted by Gasteiger charge is 2.19. The Bertz CT molecular complexity index is 257. The molecule has 0 aromatic heterocycles. The largest absolute Gasteiger partial charge is 0.364 e. The molecule has 0 unspecified atom stereocenters. The molecule has 1 aliphatic heterocycles. The third-order valence-corrected chi connectivity index (χ3v) is 3.33. The maximum absolute atomic E-state index is 2.30. The molecule has 0 aliphatic carbocycles. The zero-order valence-corrected chi connectivity index (χ0v) is 10.6. The van der Waals surface area contributed by atoms with Crippen molar-refractivity contribution >= 4 is 16.8 Å². The molecule has 80 valence electrons. The van der Waals surface area contributed by atoms with Gasteiger partial charge in [0, 0.05) is 28.2 Å². The third-order valence-electron chi connectivity index (χ3n) is 2.22. The van der Waals surface area contributed by atoms with Crippen molar-refractivity contribution < 1.29 is 4.58 Å². The van der Waals surface area contributed by atoms with E-state index in [1.807, 2.05) is 11.8 Å². The molecule has 0 fully saturated rings. The molecule has 0 aromatic carbocycles. The lowest BCUT2D eigenvalue weighted by atomic mass is 10.5. The molecule has 0 amide bonds. The minimum atomic E-state index is 1.16. The molecule has 0 saturated heterocycles. The van der Waals surface area contributed by atoms with E-state index in [1.165, 1.54) is 16.6 Å². The van der Waals surface area contributed by atoms with Crippen molar-refractivity contribution in [2.24, 2.45) is 0 Å². The van der Waals surface area contributed by atoms with Crippen molar-refractivity contribution in [1.29, 1.82) is 0 Å². The first-order chi connectivity index (χ1) is 6.52. The predicted molar refractivity (Wildman–Crippen MR) is 64.0 cm³/mol. The van der Waals surface area contributed by atoms with Crippen LogP contribution < -0.4 is 0 Å². The molecule has 0 radical (unpaired) electrons. The smallest absolute Gasteiger partial charge is 0.238 e. The van der Waals surface area contributed by atoms with E-state index >= 15 is 0 Å². The van der Waals surface area contributed by atoms with Gasteiger partial charge in [0.15, 0.2) is 6.54 Å². The predicted octanol–water partition coefficient (Wildman–Crippen LogP) is 0.739. The Morgan fingerprint density at radius 1 is 1.29 bits per heavy atom. The highest BCUT2D eigenvalue weighted by Crippen LogP contribution is 2.14. The third kappa shape index (κ3) is 2.67. The van der Waals surface area contributed by atoms with Crippen molar-refractivity contribution in [2.75, 3.05) is 47.5 Å². The number of rotatable bonds is 3. The lowest BCUT2D eigenvalue weighted by Gasteiger charge is -2.23. The van der Waals surface area contributed by atoms with Crippen LogP contribution in [0.25, 0.3) is 0 Å². The second-order valence-electron chi connectivity index (χ2n) is 3.90. The van der Waals surface area contributed by atoms with Crippen LogP contribution in [-0.2, 0) is 0 Å². The topological polar surface area (TPSA) is 9.49 Å². The maximum atomic E-state index is 2.30. The summed E-state index contributed by atoms with van der Waals surface area (Å²) in [7, 11) is 10.4. The molecule has 14 heavy (non-hydrogen) atoms. The molecule has 0 N–H and O–H groups in total. The van der Waals surface area contributed by atoms with E-state index in [-0.39, 0.29) is 0 Å². The maximum Gasteiger partial charge on any atom is 0.238 e. The summed E-state index contributed by atoms with van der Waals surface area (Å²) in [5.41, 5.74) is 0. The van der Waals surface area contributed by atoms with Crippen LogP contribution in [-0.4, -0.2) is 67.0 Å². The fraction of sp³-hybridized carbons (Fsp3) is 0.700. The Balaban J connectivity index is 2.87. The van der Waals surface area contributed by atoms with Crippen LogP contribution in [0.15, 0.2) is 11.9 Å². The highest BCUT2D eigenvalue weighted by molar-refractivity contribution is 8.14. The zero-order valence-electron chi connectivity index (χ0n) is 9.74. The summed E-state index contributed by atoms with van der Waals surface area (Å²) in [6, 6.07) is 0. The summed E-state index contributed by atoms with van der Waals surface area (Å²) in [6.45, 7) is 1.16. The Kier molecular flexibility index (Phi) is 3.86. The summed E-state index contributed by atoms with van der Waals surface area (Å²) in [5.74, 6) is 2.44. The van der Waals surface area contributed by atoms with Crippen LogP contribution in [0.5, 0.6) is 0 Å². The molecule has 4 heteroatoms. The SMILES string of the molecule is CN(C)C(=CC1=[N+](C)CCS1)N(C)C. The van der Waals surface area contributed by atoms with Crippen LogP contribution in [0, 0.1) is 0 Å². The second-order valence-corrected chi connectivity index (χ2v) is 5.01. The standard InChI is InChI=1S/C10H20N3S/c1-11(2)9(12(3)4)8-10-13(5)6-7-14-10/h8H,6-7H2,1-5H3/q+1. The van der Waals surface area contributed by atoms with Gasteiger partial charge in [-0.15, -0.1) is 0 Å². The Hall–Kier alpha value is -0.640. The first-order valence-corrected chi connectivity index (χ1v) is 5.78. The van der Waals surface area contributed by atoms with Gasteiger partial charge >= 0.3 is 0 Å². The molecule has 0 atom stereocenters. The number of nitrogens with zero attached hydrogens (tertiary/aromatic N) is 3. The molecular weight excluding hydrogens is 194 g/mol. The number of hydrogen-bond donors (Lipinski definition) is 0. The van der Waals surface area contributed by atoms with Gasteiger partial charge in [-0.1, -0.05) is 11.8 Å². The van der Waals surface area contributed by atoms with E-state index in [9.17, 15) is 0 Å². The average molecular weight is 214 g/mol.